The average molecular weight is 353 g/mol. The van der Waals surface area contributed by atoms with E-state index in [0.29, 0.717) is 36.3 Å². The summed E-state index contributed by atoms with van der Waals surface area (Å²) < 4.78 is 10.6. The van der Waals surface area contributed by atoms with Gasteiger partial charge in [0.25, 0.3) is 0 Å². The van der Waals surface area contributed by atoms with E-state index in [1.807, 2.05) is 18.2 Å². The van der Waals surface area contributed by atoms with Crippen LogP contribution in [0.4, 0.5) is 0 Å². The molecule has 1 aromatic rings. The van der Waals surface area contributed by atoms with Crippen LogP contribution in [0.3, 0.4) is 0 Å². The van der Waals surface area contributed by atoms with Crippen LogP contribution in [0.1, 0.15) is 18.4 Å². The molecular formula is C21H23NO4. The summed E-state index contributed by atoms with van der Waals surface area (Å²) in [5.74, 6) is 1.80. The summed E-state index contributed by atoms with van der Waals surface area (Å²) in [5, 5.41) is 0. The second kappa shape index (κ2) is 5.35. The van der Waals surface area contributed by atoms with Gasteiger partial charge in [-0.3, -0.25) is 14.5 Å². The molecule has 0 aromatic heterocycles. The molecule has 2 saturated carbocycles. The van der Waals surface area contributed by atoms with Crippen molar-refractivity contribution in [2.45, 2.75) is 19.3 Å². The molecule has 1 aromatic carbocycles. The van der Waals surface area contributed by atoms with Crippen LogP contribution in [0.15, 0.2) is 30.4 Å². The monoisotopic (exact) mass is 353 g/mol. The largest absolute Gasteiger partial charge is 0.493 e. The first-order valence-corrected chi connectivity index (χ1v) is 9.35. The number of amides is 2. The number of allylic oxidation sites excluding steroid dienone is 2. The van der Waals surface area contributed by atoms with Gasteiger partial charge in [0.2, 0.25) is 11.8 Å². The summed E-state index contributed by atoms with van der Waals surface area (Å²) in [6, 6.07) is 5.73. The van der Waals surface area contributed by atoms with Gasteiger partial charge in [0, 0.05) is 6.54 Å². The number of hydrogen-bond donors (Lipinski definition) is 0. The number of hydrogen-bond acceptors (Lipinski definition) is 4. The number of imide groups is 1. The number of fused-ring (bicyclic) bond motifs is 3. The number of ether oxygens (including phenoxy) is 2. The molecule has 1 aliphatic heterocycles. The van der Waals surface area contributed by atoms with Gasteiger partial charge in [0.1, 0.15) is 0 Å². The molecule has 26 heavy (non-hydrogen) atoms. The molecule has 3 fully saturated rings. The maximum Gasteiger partial charge on any atom is 0.233 e. The van der Waals surface area contributed by atoms with Crippen molar-refractivity contribution >= 4 is 11.8 Å². The van der Waals surface area contributed by atoms with Crippen LogP contribution in [0, 0.1) is 29.1 Å². The standard InChI is InChI=1S/C21H23NO4/c1-25-15-6-3-12(11-16(15)26-2)7-10-22-19(23)17-13-4-5-14(18(17)20(22)24)21(13)8-9-21/h3-6,11,13-14,17-18H,7-10H2,1-2H3/t13-,14-,17-,18+/m1/s1. The van der Waals surface area contributed by atoms with Gasteiger partial charge in [-0.25, -0.2) is 0 Å². The molecule has 0 radical (unpaired) electrons. The topological polar surface area (TPSA) is 55.8 Å². The van der Waals surface area contributed by atoms with Gasteiger partial charge in [-0.1, -0.05) is 18.2 Å². The van der Waals surface area contributed by atoms with Gasteiger partial charge in [0.05, 0.1) is 26.1 Å². The van der Waals surface area contributed by atoms with E-state index in [-0.39, 0.29) is 29.1 Å². The smallest absolute Gasteiger partial charge is 0.233 e. The molecule has 1 spiro atoms. The Morgan fingerprint density at radius 2 is 1.62 bits per heavy atom. The molecular weight excluding hydrogens is 330 g/mol. The molecule has 4 atom stereocenters. The van der Waals surface area contributed by atoms with Crippen LogP contribution in [-0.2, 0) is 16.0 Å². The van der Waals surface area contributed by atoms with Crippen molar-refractivity contribution in [2.24, 2.45) is 29.1 Å². The first-order valence-electron chi connectivity index (χ1n) is 9.35. The zero-order chi connectivity index (χ0) is 18.1. The lowest BCUT2D eigenvalue weighted by Gasteiger charge is -2.21. The fraction of sp³-hybridized carbons (Fsp3) is 0.524. The summed E-state index contributed by atoms with van der Waals surface area (Å²) in [4.78, 5) is 27.5. The van der Waals surface area contributed by atoms with Crippen LogP contribution < -0.4 is 9.47 Å². The SMILES string of the molecule is COc1ccc(CCN2C(=O)[C@@H]3[C@H](C2=O)[C@H]2C=C[C@H]3C23CC3)cc1OC. The average Bonchev–Trinajstić information content (AvgIpc) is 3.26. The van der Waals surface area contributed by atoms with Crippen molar-refractivity contribution in [1.29, 1.82) is 0 Å². The molecule has 136 valence electrons. The van der Waals surface area contributed by atoms with Gasteiger partial charge in [-0.2, -0.15) is 0 Å². The Hall–Kier alpha value is -2.30. The van der Waals surface area contributed by atoms with E-state index in [0.717, 1.165) is 5.56 Å². The zero-order valence-electron chi connectivity index (χ0n) is 15.1. The van der Waals surface area contributed by atoms with E-state index in [9.17, 15) is 9.59 Å². The molecule has 0 unspecified atom stereocenters. The Morgan fingerprint density at radius 1 is 1.00 bits per heavy atom. The predicted molar refractivity (Wildman–Crippen MR) is 94.7 cm³/mol. The van der Waals surface area contributed by atoms with Crippen LogP contribution in [-0.4, -0.2) is 37.5 Å². The number of likely N-dealkylation sites (tertiary alicyclic amines) is 1. The van der Waals surface area contributed by atoms with Gasteiger partial charge < -0.3 is 9.47 Å². The lowest BCUT2D eigenvalue weighted by Crippen LogP contribution is -2.36. The van der Waals surface area contributed by atoms with Crippen molar-refractivity contribution in [3.63, 3.8) is 0 Å². The third-order valence-corrected chi connectivity index (χ3v) is 7.02. The number of carbonyl (C=O) groups excluding carboxylic acids is 2. The molecule has 2 amide bonds. The van der Waals surface area contributed by atoms with Crippen molar-refractivity contribution in [3.05, 3.63) is 35.9 Å². The molecule has 5 nitrogen and oxygen atoms in total. The van der Waals surface area contributed by atoms with E-state index in [2.05, 4.69) is 12.2 Å². The molecule has 4 aliphatic rings. The minimum atomic E-state index is -0.106. The Labute approximate surface area is 153 Å². The van der Waals surface area contributed by atoms with Crippen molar-refractivity contribution < 1.29 is 19.1 Å². The van der Waals surface area contributed by atoms with E-state index in [1.54, 1.807) is 14.2 Å². The maximum atomic E-state index is 13.0. The summed E-state index contributed by atoms with van der Waals surface area (Å²) in [7, 11) is 3.21. The fourth-order valence-electron chi connectivity index (χ4n) is 5.64. The normalized spacial score (nSPS) is 32.5. The minimum Gasteiger partial charge on any atom is -0.493 e. The first-order chi connectivity index (χ1) is 12.6. The second-order valence-corrected chi connectivity index (χ2v) is 7.99. The zero-order valence-corrected chi connectivity index (χ0v) is 15.1. The number of methoxy groups -OCH3 is 2. The van der Waals surface area contributed by atoms with E-state index in [4.69, 9.17) is 9.47 Å². The highest BCUT2D eigenvalue weighted by Crippen LogP contribution is 2.73. The van der Waals surface area contributed by atoms with E-state index < -0.39 is 0 Å². The molecule has 2 bridgehead atoms. The number of rotatable bonds is 5. The number of carbonyl (C=O) groups is 2. The van der Waals surface area contributed by atoms with E-state index >= 15 is 0 Å². The molecule has 1 heterocycles. The quantitative estimate of drug-likeness (QED) is 0.603. The summed E-state index contributed by atoms with van der Waals surface area (Å²) >= 11 is 0. The van der Waals surface area contributed by atoms with E-state index in [1.165, 1.54) is 17.7 Å². The molecule has 5 heteroatoms. The molecule has 3 aliphatic carbocycles. The number of benzene rings is 1. The Bertz CT molecular complexity index is 791. The predicted octanol–water partition coefficient (Wildman–Crippen LogP) is 2.44. The summed E-state index contributed by atoms with van der Waals surface area (Å²) in [6.07, 6.45) is 7.40. The Kier molecular flexibility index (Phi) is 3.27. The second-order valence-electron chi connectivity index (χ2n) is 7.99. The minimum absolute atomic E-state index is 0.0450. The summed E-state index contributed by atoms with van der Waals surface area (Å²) in [5.41, 5.74) is 1.29. The third-order valence-electron chi connectivity index (χ3n) is 7.02. The maximum absolute atomic E-state index is 13.0. The number of nitrogens with zero attached hydrogens (tertiary/aromatic N) is 1. The van der Waals surface area contributed by atoms with Crippen LogP contribution in [0.5, 0.6) is 11.5 Å². The molecule has 5 rings (SSSR count). The van der Waals surface area contributed by atoms with Gasteiger partial charge in [0.15, 0.2) is 11.5 Å². The van der Waals surface area contributed by atoms with Crippen molar-refractivity contribution in [2.75, 3.05) is 20.8 Å². The van der Waals surface area contributed by atoms with Crippen molar-refractivity contribution in [1.82, 2.24) is 4.90 Å². The highest BCUT2D eigenvalue weighted by Gasteiger charge is 2.73. The lowest BCUT2D eigenvalue weighted by atomic mass is 9.85. The third kappa shape index (κ3) is 1.91. The Balaban J connectivity index is 1.32. The summed E-state index contributed by atoms with van der Waals surface area (Å²) in [6.45, 7) is 0.437. The van der Waals surface area contributed by atoms with Crippen LogP contribution >= 0.6 is 0 Å². The van der Waals surface area contributed by atoms with Crippen LogP contribution in [0.25, 0.3) is 0 Å². The molecule has 0 N–H and O–H groups in total. The molecule has 1 saturated heterocycles. The first kappa shape index (κ1) is 15.9. The Morgan fingerprint density at radius 3 is 2.15 bits per heavy atom. The highest BCUT2D eigenvalue weighted by atomic mass is 16.5. The van der Waals surface area contributed by atoms with Crippen LogP contribution in [0.2, 0.25) is 0 Å². The highest BCUT2D eigenvalue weighted by molar-refractivity contribution is 6.06. The fourth-order valence-corrected chi connectivity index (χ4v) is 5.64. The van der Waals surface area contributed by atoms with Gasteiger partial charge in [-0.15, -0.1) is 0 Å². The van der Waals surface area contributed by atoms with Crippen molar-refractivity contribution in [3.8, 4) is 11.5 Å². The van der Waals surface area contributed by atoms with Gasteiger partial charge >= 0.3 is 0 Å². The lowest BCUT2D eigenvalue weighted by molar-refractivity contribution is -0.141. The van der Waals surface area contributed by atoms with Gasteiger partial charge in [-0.05, 0) is 54.2 Å².